The molecule has 0 aromatic heterocycles. The smallest absolute Gasteiger partial charge is 0.398 e. The fourth-order valence-electron chi connectivity index (χ4n) is 3.56. The summed E-state index contributed by atoms with van der Waals surface area (Å²) in [5.74, 6) is 0.962. The molecule has 0 N–H and O–H groups in total. The van der Waals surface area contributed by atoms with Crippen molar-refractivity contribution in [2.75, 3.05) is 6.61 Å². The van der Waals surface area contributed by atoms with E-state index in [9.17, 15) is 0 Å². The van der Waals surface area contributed by atoms with Gasteiger partial charge in [0.05, 0.1) is 0 Å². The van der Waals surface area contributed by atoms with Crippen molar-refractivity contribution in [3.05, 3.63) is 54.6 Å². The number of hydrogen-bond donors (Lipinski definition) is 0. The molecule has 154 valence electrons. The van der Waals surface area contributed by atoms with Crippen molar-refractivity contribution in [2.45, 2.75) is 77.8 Å². The van der Waals surface area contributed by atoms with Gasteiger partial charge in [-0.1, -0.05) is 108 Å². The van der Waals surface area contributed by atoms with Gasteiger partial charge < -0.3 is 8.85 Å². The number of para-hydroxylation sites is 1. The van der Waals surface area contributed by atoms with Gasteiger partial charge in [0.2, 0.25) is 0 Å². The molecule has 0 saturated carbocycles. The Balaban J connectivity index is 1.95. The molecule has 3 heteroatoms. The van der Waals surface area contributed by atoms with E-state index in [-0.39, 0.29) is 0 Å². The molecule has 0 bridgehead atoms. The molecule has 0 fully saturated rings. The zero-order chi connectivity index (χ0) is 20.1. The zero-order valence-electron chi connectivity index (χ0n) is 18.1. The molecule has 0 spiro atoms. The summed E-state index contributed by atoms with van der Waals surface area (Å²) in [4.78, 5) is 0. The Hall–Kier alpha value is -1.58. The summed E-state index contributed by atoms with van der Waals surface area (Å²) < 4.78 is 13.1. The van der Waals surface area contributed by atoms with Crippen LogP contribution in [0.4, 0.5) is 0 Å². The quantitative estimate of drug-likeness (QED) is 0.237. The van der Waals surface area contributed by atoms with Crippen LogP contribution in [0.3, 0.4) is 0 Å². The predicted octanol–water partition coefficient (Wildman–Crippen LogP) is 7.98. The van der Waals surface area contributed by atoms with Crippen molar-refractivity contribution in [2.24, 2.45) is 0 Å². The largest absolute Gasteiger partial charge is 0.520 e. The fraction of sp³-hybridized carbons (Fsp3) is 0.520. The predicted molar refractivity (Wildman–Crippen MR) is 123 cm³/mol. The second-order valence-corrected chi connectivity index (χ2v) is 11.3. The van der Waals surface area contributed by atoms with Crippen LogP contribution in [0.1, 0.15) is 65.7 Å². The van der Waals surface area contributed by atoms with Crippen molar-refractivity contribution < 1.29 is 8.85 Å². The van der Waals surface area contributed by atoms with Crippen molar-refractivity contribution in [3.8, 4) is 16.9 Å². The first kappa shape index (κ1) is 22.7. The lowest BCUT2D eigenvalue weighted by atomic mass is 10.1. The Bertz CT molecular complexity index is 653. The molecule has 0 unspecified atom stereocenters. The van der Waals surface area contributed by atoms with E-state index in [2.05, 4.69) is 75.4 Å². The van der Waals surface area contributed by atoms with Crippen LogP contribution in [0.2, 0.25) is 12.1 Å². The minimum Gasteiger partial charge on any atom is -0.520 e. The third-order valence-corrected chi connectivity index (χ3v) is 8.94. The maximum Gasteiger partial charge on any atom is 0.398 e. The monoisotopic (exact) mass is 398 g/mol. The molecule has 2 aromatic carbocycles. The van der Waals surface area contributed by atoms with Crippen molar-refractivity contribution >= 4 is 8.56 Å². The minimum atomic E-state index is -2.23. The first-order valence-electron chi connectivity index (χ1n) is 11.2. The van der Waals surface area contributed by atoms with Crippen LogP contribution >= 0.6 is 0 Å². The number of rotatable bonds is 14. The van der Waals surface area contributed by atoms with Crippen LogP contribution in [0, 0.1) is 0 Å². The SMILES string of the molecule is CCCCCCCCCO[Si](CC)(CC)Oc1ccccc1-c1ccccc1. The van der Waals surface area contributed by atoms with Gasteiger partial charge in [-0.15, -0.1) is 0 Å². The zero-order valence-corrected chi connectivity index (χ0v) is 19.1. The normalized spacial score (nSPS) is 11.5. The highest BCUT2D eigenvalue weighted by molar-refractivity contribution is 6.68. The third kappa shape index (κ3) is 7.10. The van der Waals surface area contributed by atoms with E-state index in [1.807, 2.05) is 0 Å². The van der Waals surface area contributed by atoms with E-state index in [4.69, 9.17) is 8.85 Å². The molecule has 2 rings (SSSR count). The average Bonchev–Trinajstić information content (AvgIpc) is 2.75. The Morgan fingerprint density at radius 3 is 1.96 bits per heavy atom. The number of unbranched alkanes of at least 4 members (excludes halogenated alkanes) is 6. The summed E-state index contributed by atoms with van der Waals surface area (Å²) in [5.41, 5.74) is 2.35. The van der Waals surface area contributed by atoms with Crippen molar-refractivity contribution in [1.82, 2.24) is 0 Å². The van der Waals surface area contributed by atoms with Gasteiger partial charge in [0, 0.05) is 12.2 Å². The molecule has 0 atom stereocenters. The molecule has 0 aliphatic heterocycles. The van der Waals surface area contributed by atoms with Gasteiger partial charge in [-0.2, -0.15) is 0 Å². The first-order valence-corrected chi connectivity index (χ1v) is 13.4. The van der Waals surface area contributed by atoms with Gasteiger partial charge in [-0.3, -0.25) is 0 Å². The maximum atomic E-state index is 6.66. The summed E-state index contributed by atoms with van der Waals surface area (Å²) >= 11 is 0. The van der Waals surface area contributed by atoms with Gasteiger partial charge in [0.15, 0.2) is 0 Å². The third-order valence-electron chi connectivity index (χ3n) is 5.46. The van der Waals surface area contributed by atoms with Gasteiger partial charge in [0.1, 0.15) is 5.75 Å². The van der Waals surface area contributed by atoms with E-state index < -0.39 is 8.56 Å². The van der Waals surface area contributed by atoms with Crippen LogP contribution in [0.15, 0.2) is 54.6 Å². The van der Waals surface area contributed by atoms with Gasteiger partial charge >= 0.3 is 8.56 Å². The molecular formula is C25H38O2Si. The summed E-state index contributed by atoms with van der Waals surface area (Å²) in [6.07, 6.45) is 9.15. The average molecular weight is 399 g/mol. The fourth-order valence-corrected chi connectivity index (χ4v) is 5.91. The molecule has 0 amide bonds. The van der Waals surface area contributed by atoms with Crippen LogP contribution in [0.5, 0.6) is 5.75 Å². The van der Waals surface area contributed by atoms with E-state index >= 15 is 0 Å². The highest BCUT2D eigenvalue weighted by atomic mass is 28.4. The van der Waals surface area contributed by atoms with Crippen molar-refractivity contribution in [3.63, 3.8) is 0 Å². The Kier molecular flexibility index (Phi) is 10.4. The molecule has 0 saturated heterocycles. The highest BCUT2D eigenvalue weighted by Gasteiger charge is 2.36. The standard InChI is InChI=1S/C25H38O2Si/c1-4-7-8-9-10-11-17-22-26-28(5-2,6-3)27-25-21-16-15-20-24(25)23-18-13-12-14-19-23/h12-16,18-21H,4-11,17,22H2,1-3H3. The molecular weight excluding hydrogens is 360 g/mol. The second-order valence-electron chi connectivity index (χ2n) is 7.55. The maximum absolute atomic E-state index is 6.66. The lowest BCUT2D eigenvalue weighted by Crippen LogP contribution is -2.44. The second kappa shape index (κ2) is 12.8. The Labute approximate surface area is 173 Å². The van der Waals surface area contributed by atoms with Gasteiger partial charge in [-0.05, 0) is 30.1 Å². The molecule has 0 heterocycles. The number of hydrogen-bond acceptors (Lipinski definition) is 2. The van der Waals surface area contributed by atoms with Gasteiger partial charge in [-0.25, -0.2) is 0 Å². The molecule has 0 aliphatic rings. The topological polar surface area (TPSA) is 18.5 Å². The molecule has 0 aliphatic carbocycles. The Morgan fingerprint density at radius 1 is 0.679 bits per heavy atom. The molecule has 2 aromatic rings. The summed E-state index contributed by atoms with van der Waals surface area (Å²) in [6.45, 7) is 7.52. The summed E-state index contributed by atoms with van der Waals surface area (Å²) in [6, 6.07) is 20.8. The van der Waals surface area contributed by atoms with E-state index in [0.717, 1.165) is 36.4 Å². The van der Waals surface area contributed by atoms with E-state index in [0.29, 0.717) is 0 Å². The van der Waals surface area contributed by atoms with Crippen LogP contribution in [0.25, 0.3) is 11.1 Å². The highest BCUT2D eigenvalue weighted by Crippen LogP contribution is 2.33. The van der Waals surface area contributed by atoms with E-state index in [1.54, 1.807) is 0 Å². The van der Waals surface area contributed by atoms with Crippen LogP contribution in [-0.4, -0.2) is 15.2 Å². The summed E-state index contributed by atoms with van der Waals surface area (Å²) in [7, 11) is -2.23. The number of benzene rings is 2. The lowest BCUT2D eigenvalue weighted by molar-refractivity contribution is 0.230. The lowest BCUT2D eigenvalue weighted by Gasteiger charge is -2.30. The van der Waals surface area contributed by atoms with Crippen LogP contribution < -0.4 is 4.43 Å². The molecule has 2 nitrogen and oxygen atoms in total. The van der Waals surface area contributed by atoms with Crippen molar-refractivity contribution in [1.29, 1.82) is 0 Å². The summed E-state index contributed by atoms with van der Waals surface area (Å²) in [5, 5.41) is 0. The Morgan fingerprint density at radius 2 is 1.29 bits per heavy atom. The first-order chi connectivity index (χ1) is 13.7. The van der Waals surface area contributed by atoms with Crippen LogP contribution in [-0.2, 0) is 4.43 Å². The van der Waals surface area contributed by atoms with E-state index in [1.165, 1.54) is 44.1 Å². The molecule has 0 radical (unpaired) electrons. The minimum absolute atomic E-state index is 0.829. The molecule has 28 heavy (non-hydrogen) atoms. The van der Waals surface area contributed by atoms with Gasteiger partial charge in [0.25, 0.3) is 0 Å².